The fraction of sp³-hybridized carbons (Fsp3) is 0.480. The van der Waals surface area contributed by atoms with Crippen molar-refractivity contribution in [2.75, 3.05) is 51.2 Å². The molecule has 178 valence electrons. The van der Waals surface area contributed by atoms with Crippen LogP contribution in [0.3, 0.4) is 0 Å². The molecule has 0 saturated carbocycles. The maximum absolute atomic E-state index is 12.7. The van der Waals surface area contributed by atoms with Crippen LogP contribution in [0, 0.1) is 0 Å². The number of hydrogen-bond donors (Lipinski definition) is 1. The predicted octanol–water partition coefficient (Wildman–Crippen LogP) is 2.86. The third-order valence-corrected chi connectivity index (χ3v) is 8.48. The molecule has 0 bridgehead atoms. The maximum Gasteiger partial charge on any atom is 0.251 e. The second-order valence-corrected chi connectivity index (χ2v) is 11.1. The third kappa shape index (κ3) is 5.93. The van der Waals surface area contributed by atoms with Crippen LogP contribution in [0.1, 0.15) is 47.3 Å². The Labute approximate surface area is 197 Å². The summed E-state index contributed by atoms with van der Waals surface area (Å²) in [6.45, 7) is 6.73. The van der Waals surface area contributed by atoms with Crippen LogP contribution >= 0.6 is 0 Å². The molecule has 4 rings (SSSR count). The molecule has 2 saturated heterocycles. The minimum Gasteiger partial charge on any atom is -0.372 e. The van der Waals surface area contributed by atoms with Gasteiger partial charge in [-0.15, -0.1) is 0 Å². The monoisotopic (exact) mass is 470 g/mol. The molecule has 2 aromatic carbocycles. The summed E-state index contributed by atoms with van der Waals surface area (Å²) in [6.07, 6.45) is 2.49. The summed E-state index contributed by atoms with van der Waals surface area (Å²) in [5.74, 6) is -0.210. The summed E-state index contributed by atoms with van der Waals surface area (Å²) >= 11 is 0. The van der Waals surface area contributed by atoms with Gasteiger partial charge in [-0.1, -0.05) is 24.3 Å². The quantitative estimate of drug-likeness (QED) is 0.674. The number of nitrogens with zero attached hydrogens (tertiary/aromatic N) is 3. The van der Waals surface area contributed by atoms with Gasteiger partial charge in [0.25, 0.3) is 5.91 Å². The van der Waals surface area contributed by atoms with Crippen molar-refractivity contribution in [3.8, 4) is 0 Å². The first kappa shape index (κ1) is 23.7. The molecule has 33 heavy (non-hydrogen) atoms. The maximum atomic E-state index is 12.7. The highest BCUT2D eigenvalue weighted by atomic mass is 32.2. The van der Waals surface area contributed by atoms with Crippen LogP contribution < -0.4 is 10.2 Å². The van der Waals surface area contributed by atoms with Crippen LogP contribution in [0.15, 0.2) is 48.5 Å². The standard InChI is InChI=1S/C25H34N4O3S/c1-20(22-9-11-24(12-10-22)28-13-3-4-14-28)26-25(30)23-7-5-21(6-8-23)19-33(31,32)29-17-15-27(2)16-18-29/h5-12,20H,3-4,13-19H2,1-2H3,(H,26,30)/t20-/m1/s1. The van der Waals surface area contributed by atoms with E-state index in [1.807, 2.05) is 14.0 Å². The normalized spacial score (nSPS) is 18.9. The fourth-order valence-electron chi connectivity index (χ4n) is 4.43. The Morgan fingerprint density at radius 1 is 0.909 bits per heavy atom. The average molecular weight is 471 g/mol. The van der Waals surface area contributed by atoms with Gasteiger partial charge in [0.1, 0.15) is 0 Å². The molecule has 2 aromatic rings. The zero-order valence-electron chi connectivity index (χ0n) is 19.5. The van der Waals surface area contributed by atoms with Crippen LogP contribution in [0.5, 0.6) is 0 Å². The molecule has 1 amide bonds. The van der Waals surface area contributed by atoms with Gasteiger partial charge in [-0.25, -0.2) is 8.42 Å². The minimum absolute atomic E-state index is 0.0433. The van der Waals surface area contributed by atoms with Crippen LogP contribution in [-0.2, 0) is 15.8 Å². The molecule has 2 aliphatic rings. The second-order valence-electron chi connectivity index (χ2n) is 9.14. The van der Waals surface area contributed by atoms with E-state index in [1.165, 1.54) is 18.5 Å². The Hall–Kier alpha value is -2.42. The number of carbonyl (C=O) groups excluding carboxylic acids is 1. The van der Waals surface area contributed by atoms with Crippen molar-refractivity contribution in [1.82, 2.24) is 14.5 Å². The van der Waals surface area contributed by atoms with Gasteiger partial charge >= 0.3 is 0 Å². The molecule has 2 fully saturated rings. The Kier molecular flexibility index (Phi) is 7.36. The Bertz CT molecular complexity index is 1040. The predicted molar refractivity (Wildman–Crippen MR) is 132 cm³/mol. The molecular formula is C25H34N4O3S. The molecular weight excluding hydrogens is 436 g/mol. The highest BCUT2D eigenvalue weighted by molar-refractivity contribution is 7.88. The van der Waals surface area contributed by atoms with Crippen LogP contribution in [0.4, 0.5) is 5.69 Å². The van der Waals surface area contributed by atoms with Crippen molar-refractivity contribution in [3.63, 3.8) is 0 Å². The average Bonchev–Trinajstić information content (AvgIpc) is 3.35. The molecule has 8 heteroatoms. The minimum atomic E-state index is -3.36. The van der Waals surface area contributed by atoms with Gasteiger partial charge in [0.05, 0.1) is 11.8 Å². The number of amides is 1. The largest absolute Gasteiger partial charge is 0.372 e. The van der Waals surface area contributed by atoms with Gasteiger partial charge in [0, 0.05) is 50.5 Å². The zero-order valence-corrected chi connectivity index (χ0v) is 20.4. The number of rotatable bonds is 7. The van der Waals surface area contributed by atoms with Crippen molar-refractivity contribution in [2.24, 2.45) is 0 Å². The van der Waals surface area contributed by atoms with E-state index < -0.39 is 10.0 Å². The lowest BCUT2D eigenvalue weighted by Gasteiger charge is -2.31. The van der Waals surface area contributed by atoms with Crippen molar-refractivity contribution in [1.29, 1.82) is 0 Å². The molecule has 2 heterocycles. The lowest BCUT2D eigenvalue weighted by atomic mass is 10.1. The van der Waals surface area contributed by atoms with Crippen LogP contribution in [0.25, 0.3) is 0 Å². The van der Waals surface area contributed by atoms with Crippen molar-refractivity contribution in [3.05, 3.63) is 65.2 Å². The molecule has 1 N–H and O–H groups in total. The van der Waals surface area contributed by atoms with E-state index in [2.05, 4.69) is 39.4 Å². The topological polar surface area (TPSA) is 73.0 Å². The first-order valence-corrected chi connectivity index (χ1v) is 13.3. The SMILES string of the molecule is C[C@@H](NC(=O)c1ccc(CS(=O)(=O)N2CCN(C)CC2)cc1)c1ccc(N2CCCC2)cc1. The molecule has 2 aliphatic heterocycles. The number of benzene rings is 2. The Morgan fingerprint density at radius 3 is 2.12 bits per heavy atom. The number of nitrogens with one attached hydrogen (secondary N) is 1. The van der Waals surface area contributed by atoms with Gasteiger partial charge in [-0.3, -0.25) is 4.79 Å². The van der Waals surface area contributed by atoms with Gasteiger partial charge in [0.2, 0.25) is 10.0 Å². The van der Waals surface area contributed by atoms with Crippen molar-refractivity contribution >= 4 is 21.6 Å². The highest BCUT2D eigenvalue weighted by Gasteiger charge is 2.26. The number of sulfonamides is 1. The van der Waals surface area contributed by atoms with Crippen LogP contribution in [0.2, 0.25) is 0 Å². The van der Waals surface area contributed by atoms with E-state index in [0.29, 0.717) is 24.2 Å². The number of carbonyl (C=O) groups is 1. The Morgan fingerprint density at radius 2 is 1.52 bits per heavy atom. The zero-order chi connectivity index (χ0) is 23.4. The van der Waals surface area contributed by atoms with E-state index in [4.69, 9.17) is 0 Å². The summed E-state index contributed by atoms with van der Waals surface area (Å²) < 4.78 is 27.0. The molecule has 0 aliphatic carbocycles. The number of likely N-dealkylation sites (N-methyl/N-ethyl adjacent to an activating group) is 1. The summed E-state index contributed by atoms with van der Waals surface area (Å²) in [5, 5.41) is 3.04. The summed E-state index contributed by atoms with van der Waals surface area (Å²) in [7, 11) is -1.36. The summed E-state index contributed by atoms with van der Waals surface area (Å²) in [5.41, 5.74) is 3.50. The first-order chi connectivity index (χ1) is 15.8. The van der Waals surface area contributed by atoms with E-state index in [1.54, 1.807) is 28.6 Å². The summed E-state index contributed by atoms with van der Waals surface area (Å²) in [4.78, 5) is 17.2. The fourth-order valence-corrected chi connectivity index (χ4v) is 5.95. The van der Waals surface area contributed by atoms with Crippen LogP contribution in [-0.4, -0.2) is 69.8 Å². The van der Waals surface area contributed by atoms with Gasteiger partial charge in [-0.05, 0) is 62.2 Å². The molecule has 0 spiro atoms. The van der Waals surface area contributed by atoms with Gasteiger partial charge in [-0.2, -0.15) is 4.31 Å². The van der Waals surface area contributed by atoms with E-state index in [9.17, 15) is 13.2 Å². The smallest absolute Gasteiger partial charge is 0.251 e. The van der Waals surface area contributed by atoms with Gasteiger partial charge < -0.3 is 15.1 Å². The Balaban J connectivity index is 1.33. The molecule has 0 unspecified atom stereocenters. The van der Waals surface area contributed by atoms with Crippen molar-refractivity contribution < 1.29 is 13.2 Å². The van der Waals surface area contributed by atoms with E-state index >= 15 is 0 Å². The lowest BCUT2D eigenvalue weighted by Crippen LogP contribution is -2.47. The number of anilines is 1. The first-order valence-electron chi connectivity index (χ1n) is 11.7. The summed E-state index contributed by atoms with van der Waals surface area (Å²) in [6, 6.07) is 15.1. The third-order valence-electron chi connectivity index (χ3n) is 6.63. The molecule has 0 radical (unpaired) electrons. The van der Waals surface area contributed by atoms with E-state index in [0.717, 1.165) is 31.7 Å². The van der Waals surface area contributed by atoms with Gasteiger partial charge in [0.15, 0.2) is 0 Å². The molecule has 0 aromatic heterocycles. The highest BCUT2D eigenvalue weighted by Crippen LogP contribution is 2.23. The molecule has 1 atom stereocenters. The van der Waals surface area contributed by atoms with E-state index in [-0.39, 0.29) is 17.7 Å². The molecule has 7 nitrogen and oxygen atoms in total. The second kappa shape index (κ2) is 10.2. The number of hydrogen-bond acceptors (Lipinski definition) is 5. The lowest BCUT2D eigenvalue weighted by molar-refractivity contribution is 0.0940. The van der Waals surface area contributed by atoms with Crippen molar-refractivity contribution in [2.45, 2.75) is 31.6 Å². The number of piperazine rings is 1.